The largest absolute Gasteiger partial charge is 0.492 e. The number of hydrogen-bond donors (Lipinski definition) is 1. The topological polar surface area (TPSA) is 57.9 Å². The van der Waals surface area contributed by atoms with Crippen LogP contribution in [-0.2, 0) is 6.54 Å². The van der Waals surface area contributed by atoms with Gasteiger partial charge in [0.05, 0.1) is 17.9 Å². The average molecular weight is 514 g/mol. The molecular formula is C32H39N3O3. The fourth-order valence-electron chi connectivity index (χ4n) is 7.71. The standard InChI is InChI=1S/C32H39N3O3/c36-31(37)24-12-13-25-27(18-24)35-21-32(19-34(20-32)17-16-33-14-6-7-15-33)22-38-28-11-5-4-10-26(28)30(35)29(25)23-8-2-1-3-9-23/h4-5,10-13,18,23H,1-3,6-9,14-17,19-22H2,(H,36,37). The number of carboxylic acids is 1. The Morgan fingerprint density at radius 2 is 1.68 bits per heavy atom. The van der Waals surface area contributed by atoms with E-state index in [-0.39, 0.29) is 5.41 Å². The fourth-order valence-corrected chi connectivity index (χ4v) is 7.71. The van der Waals surface area contributed by atoms with E-state index >= 15 is 0 Å². The molecule has 0 bridgehead atoms. The first kappa shape index (κ1) is 24.2. The van der Waals surface area contributed by atoms with Gasteiger partial charge in [-0.2, -0.15) is 0 Å². The van der Waals surface area contributed by atoms with Crippen LogP contribution in [0.2, 0.25) is 0 Å². The normalized spacial score (nSPS) is 21.9. The summed E-state index contributed by atoms with van der Waals surface area (Å²) in [4.78, 5) is 17.2. The van der Waals surface area contributed by atoms with Crippen molar-refractivity contribution in [2.75, 3.05) is 45.9 Å². The molecule has 3 fully saturated rings. The van der Waals surface area contributed by atoms with Gasteiger partial charge in [0, 0.05) is 54.6 Å². The number of carboxylic acid groups (broad SMARTS) is 1. The summed E-state index contributed by atoms with van der Waals surface area (Å²) in [7, 11) is 0. The Morgan fingerprint density at radius 3 is 2.47 bits per heavy atom. The summed E-state index contributed by atoms with van der Waals surface area (Å²) in [5, 5.41) is 11.1. The molecule has 4 heterocycles. The third kappa shape index (κ3) is 4.22. The summed E-state index contributed by atoms with van der Waals surface area (Å²) < 4.78 is 9.12. The first-order valence-corrected chi connectivity index (χ1v) is 14.7. The molecule has 0 amide bonds. The quantitative estimate of drug-likeness (QED) is 0.464. The van der Waals surface area contributed by atoms with E-state index in [1.165, 1.54) is 74.7 Å². The van der Waals surface area contributed by atoms with Crippen LogP contribution < -0.4 is 4.74 Å². The van der Waals surface area contributed by atoms with Crippen LogP contribution in [0.5, 0.6) is 5.75 Å². The van der Waals surface area contributed by atoms with Crippen LogP contribution in [0, 0.1) is 5.41 Å². The number of hydrogen-bond acceptors (Lipinski definition) is 4. The van der Waals surface area contributed by atoms with Crippen molar-refractivity contribution < 1.29 is 14.6 Å². The lowest BCUT2D eigenvalue weighted by atomic mass is 9.79. The number of aromatic nitrogens is 1. The highest BCUT2D eigenvalue weighted by Crippen LogP contribution is 2.49. The predicted molar refractivity (Wildman–Crippen MR) is 150 cm³/mol. The first-order chi connectivity index (χ1) is 18.6. The van der Waals surface area contributed by atoms with Crippen LogP contribution >= 0.6 is 0 Å². The second-order valence-corrected chi connectivity index (χ2v) is 12.3. The van der Waals surface area contributed by atoms with Gasteiger partial charge in [-0.15, -0.1) is 0 Å². The number of likely N-dealkylation sites (tertiary alicyclic amines) is 2. The van der Waals surface area contributed by atoms with E-state index < -0.39 is 5.97 Å². The van der Waals surface area contributed by atoms with Gasteiger partial charge >= 0.3 is 5.97 Å². The molecule has 200 valence electrons. The third-order valence-electron chi connectivity index (χ3n) is 9.58. The molecular weight excluding hydrogens is 474 g/mol. The SMILES string of the molecule is O=C(O)c1ccc2c(C3CCCCC3)c3n(c2c1)CC1(COc2ccccc2-3)CN(CCN2CCCC2)C1. The van der Waals surface area contributed by atoms with Gasteiger partial charge in [0.2, 0.25) is 0 Å². The zero-order valence-electron chi connectivity index (χ0n) is 22.3. The number of carbonyl (C=O) groups is 1. The van der Waals surface area contributed by atoms with Crippen molar-refractivity contribution in [1.82, 2.24) is 14.4 Å². The van der Waals surface area contributed by atoms with Gasteiger partial charge in [-0.25, -0.2) is 4.79 Å². The van der Waals surface area contributed by atoms with E-state index in [4.69, 9.17) is 4.74 Å². The maximum absolute atomic E-state index is 12.0. The van der Waals surface area contributed by atoms with Crippen molar-refractivity contribution in [2.24, 2.45) is 5.41 Å². The Balaban J connectivity index is 1.32. The summed E-state index contributed by atoms with van der Waals surface area (Å²) in [6, 6.07) is 14.3. The van der Waals surface area contributed by atoms with E-state index in [9.17, 15) is 9.90 Å². The minimum Gasteiger partial charge on any atom is -0.492 e. The van der Waals surface area contributed by atoms with E-state index in [2.05, 4.69) is 44.7 Å². The maximum Gasteiger partial charge on any atom is 0.335 e. The maximum atomic E-state index is 12.0. The lowest BCUT2D eigenvalue weighted by molar-refractivity contribution is -0.0480. The minimum absolute atomic E-state index is 0.0301. The molecule has 1 aromatic heterocycles. The molecule has 4 aliphatic rings. The molecule has 7 rings (SSSR count). The van der Waals surface area contributed by atoms with Crippen LogP contribution in [0.1, 0.15) is 66.8 Å². The summed E-state index contributed by atoms with van der Waals surface area (Å²) in [5.41, 5.74) is 5.31. The van der Waals surface area contributed by atoms with Gasteiger partial charge < -0.3 is 24.2 Å². The smallest absolute Gasteiger partial charge is 0.335 e. The van der Waals surface area contributed by atoms with Gasteiger partial charge in [0.25, 0.3) is 0 Å². The Hall–Kier alpha value is -2.83. The van der Waals surface area contributed by atoms with Crippen molar-refractivity contribution in [3.05, 3.63) is 53.6 Å². The molecule has 3 aromatic rings. The number of fused-ring (bicyclic) bond motifs is 5. The monoisotopic (exact) mass is 513 g/mol. The van der Waals surface area contributed by atoms with Crippen molar-refractivity contribution in [3.63, 3.8) is 0 Å². The molecule has 6 heteroatoms. The summed E-state index contributed by atoms with van der Waals surface area (Å²) >= 11 is 0. The van der Waals surface area contributed by atoms with E-state index in [0.29, 0.717) is 18.1 Å². The molecule has 1 saturated carbocycles. The summed E-state index contributed by atoms with van der Waals surface area (Å²) in [5.74, 6) is 0.601. The second-order valence-electron chi connectivity index (χ2n) is 12.3. The van der Waals surface area contributed by atoms with Crippen LogP contribution in [0.25, 0.3) is 22.2 Å². The zero-order chi connectivity index (χ0) is 25.7. The van der Waals surface area contributed by atoms with Crippen LogP contribution in [0.15, 0.2) is 42.5 Å². The summed E-state index contributed by atoms with van der Waals surface area (Å²) in [6.45, 7) is 8.38. The Labute approximate surface area is 225 Å². The van der Waals surface area contributed by atoms with Gasteiger partial charge in [0.15, 0.2) is 0 Å². The highest BCUT2D eigenvalue weighted by atomic mass is 16.5. The van der Waals surface area contributed by atoms with Crippen LogP contribution in [0.4, 0.5) is 0 Å². The molecule has 38 heavy (non-hydrogen) atoms. The van der Waals surface area contributed by atoms with Crippen molar-refractivity contribution in [1.29, 1.82) is 0 Å². The van der Waals surface area contributed by atoms with E-state index in [1.54, 1.807) is 6.07 Å². The van der Waals surface area contributed by atoms with Gasteiger partial charge in [-0.05, 0) is 74.5 Å². The zero-order valence-corrected chi connectivity index (χ0v) is 22.3. The Kier molecular flexibility index (Phi) is 6.20. The van der Waals surface area contributed by atoms with Crippen molar-refractivity contribution in [3.8, 4) is 17.0 Å². The number of nitrogens with zero attached hydrogens (tertiary/aromatic N) is 3. The molecule has 6 nitrogen and oxygen atoms in total. The van der Waals surface area contributed by atoms with Crippen molar-refractivity contribution in [2.45, 2.75) is 57.4 Å². The molecule has 1 spiro atoms. The molecule has 2 aromatic carbocycles. The predicted octanol–water partition coefficient (Wildman–Crippen LogP) is 5.84. The molecule has 2 saturated heterocycles. The molecule has 3 aliphatic heterocycles. The van der Waals surface area contributed by atoms with E-state index in [1.807, 2.05) is 6.07 Å². The van der Waals surface area contributed by atoms with Gasteiger partial charge in [-0.1, -0.05) is 37.5 Å². The molecule has 0 radical (unpaired) electrons. The molecule has 1 aliphatic carbocycles. The van der Waals surface area contributed by atoms with Crippen LogP contribution in [0.3, 0.4) is 0 Å². The Bertz CT molecular complexity index is 1340. The first-order valence-electron chi connectivity index (χ1n) is 14.7. The lowest BCUT2D eigenvalue weighted by Gasteiger charge is -2.51. The highest BCUT2D eigenvalue weighted by Gasteiger charge is 2.46. The minimum atomic E-state index is -0.859. The van der Waals surface area contributed by atoms with Gasteiger partial charge in [-0.3, -0.25) is 0 Å². The summed E-state index contributed by atoms with van der Waals surface area (Å²) in [6.07, 6.45) is 8.90. The van der Waals surface area contributed by atoms with Gasteiger partial charge in [0.1, 0.15) is 5.75 Å². The lowest BCUT2D eigenvalue weighted by Crippen LogP contribution is -2.62. The molecule has 0 unspecified atom stereocenters. The molecule has 1 N–H and O–H groups in total. The van der Waals surface area contributed by atoms with Crippen molar-refractivity contribution >= 4 is 16.9 Å². The third-order valence-corrected chi connectivity index (χ3v) is 9.58. The number of aromatic carboxylic acids is 1. The number of ether oxygens (including phenoxy) is 1. The Morgan fingerprint density at radius 1 is 0.921 bits per heavy atom. The van der Waals surface area contributed by atoms with Crippen LogP contribution in [-0.4, -0.2) is 71.3 Å². The fraction of sp³-hybridized carbons (Fsp3) is 0.531. The molecule has 0 atom stereocenters. The number of benzene rings is 2. The van der Waals surface area contributed by atoms with E-state index in [0.717, 1.165) is 49.6 Å². The average Bonchev–Trinajstić information content (AvgIpc) is 3.54. The second kappa shape index (κ2) is 9.73. The number of rotatable bonds is 5. The number of para-hydroxylation sites is 1. The highest BCUT2D eigenvalue weighted by molar-refractivity contribution is 5.98.